The minimum absolute atomic E-state index is 0.0938. The lowest BCUT2D eigenvalue weighted by Gasteiger charge is -2.19. The summed E-state index contributed by atoms with van der Waals surface area (Å²) in [6, 6.07) is 4.95. The van der Waals surface area contributed by atoms with Crippen LogP contribution in [0, 0.1) is 5.92 Å². The van der Waals surface area contributed by atoms with Crippen LogP contribution >= 0.6 is 39.1 Å². The van der Waals surface area contributed by atoms with E-state index < -0.39 is 0 Å². The Bertz CT molecular complexity index is 411. The fourth-order valence-electron chi connectivity index (χ4n) is 1.20. The second-order valence-electron chi connectivity index (χ2n) is 4.02. The monoisotopic (exact) mass is 337 g/mol. The van der Waals surface area contributed by atoms with Gasteiger partial charge in [-0.2, -0.15) is 0 Å². The Balaban J connectivity index is 2.73. The molecule has 2 atom stereocenters. The largest absolute Gasteiger partial charge is 0.349 e. The van der Waals surface area contributed by atoms with Gasteiger partial charge in [-0.3, -0.25) is 4.79 Å². The summed E-state index contributed by atoms with van der Waals surface area (Å²) in [6.45, 7) is 4.04. The Morgan fingerprint density at radius 1 is 1.35 bits per heavy atom. The standard InChI is InChI=1S/C12H14BrCl2NO/c1-7(6-13)8(2)16-12(17)9-3-4-10(14)11(15)5-9/h3-5,7-8H,6H2,1-2H3,(H,16,17). The van der Waals surface area contributed by atoms with Gasteiger partial charge in [-0.25, -0.2) is 0 Å². The highest BCUT2D eigenvalue weighted by atomic mass is 79.9. The summed E-state index contributed by atoms with van der Waals surface area (Å²) >= 11 is 15.1. The van der Waals surface area contributed by atoms with Crippen LogP contribution in [0.1, 0.15) is 24.2 Å². The van der Waals surface area contributed by atoms with Crippen LogP contribution in [-0.2, 0) is 0 Å². The van der Waals surface area contributed by atoms with Gasteiger partial charge in [0.1, 0.15) is 0 Å². The van der Waals surface area contributed by atoms with Crippen LogP contribution in [-0.4, -0.2) is 17.3 Å². The summed E-state index contributed by atoms with van der Waals surface area (Å²) in [5.74, 6) is 0.227. The summed E-state index contributed by atoms with van der Waals surface area (Å²) < 4.78 is 0. The van der Waals surface area contributed by atoms with Gasteiger partial charge in [0.25, 0.3) is 5.91 Å². The van der Waals surface area contributed by atoms with Crippen molar-refractivity contribution in [3.8, 4) is 0 Å². The zero-order chi connectivity index (χ0) is 13.0. The normalized spacial score (nSPS) is 14.2. The summed E-state index contributed by atoms with van der Waals surface area (Å²) in [7, 11) is 0. The molecule has 5 heteroatoms. The van der Waals surface area contributed by atoms with Crippen LogP contribution < -0.4 is 5.32 Å². The van der Waals surface area contributed by atoms with Crippen LogP contribution in [0.5, 0.6) is 0 Å². The molecule has 0 aliphatic rings. The maximum absolute atomic E-state index is 11.9. The van der Waals surface area contributed by atoms with Gasteiger partial charge >= 0.3 is 0 Å². The first-order valence-corrected chi connectivity index (χ1v) is 7.15. The van der Waals surface area contributed by atoms with E-state index in [1.165, 1.54) is 0 Å². The van der Waals surface area contributed by atoms with E-state index in [0.29, 0.717) is 21.5 Å². The summed E-state index contributed by atoms with van der Waals surface area (Å²) in [5, 5.41) is 4.60. The van der Waals surface area contributed by atoms with Crippen molar-refractivity contribution in [3.63, 3.8) is 0 Å². The third-order valence-corrected chi connectivity index (χ3v) is 4.40. The number of carbonyl (C=O) groups excluding carboxylic acids is 1. The van der Waals surface area contributed by atoms with Crippen molar-refractivity contribution in [1.29, 1.82) is 0 Å². The number of nitrogens with one attached hydrogen (secondary N) is 1. The fourth-order valence-corrected chi connectivity index (χ4v) is 2.06. The highest BCUT2D eigenvalue weighted by Crippen LogP contribution is 2.22. The van der Waals surface area contributed by atoms with Crippen LogP contribution in [0.3, 0.4) is 0 Å². The molecule has 94 valence electrons. The number of amides is 1. The Hall–Kier alpha value is -0.250. The van der Waals surface area contributed by atoms with Crippen molar-refractivity contribution in [2.24, 2.45) is 5.92 Å². The molecular weight excluding hydrogens is 325 g/mol. The third-order valence-electron chi connectivity index (χ3n) is 2.64. The zero-order valence-corrected chi connectivity index (χ0v) is 12.7. The molecule has 1 aromatic rings. The number of carbonyl (C=O) groups is 1. The lowest BCUT2D eigenvalue weighted by molar-refractivity contribution is 0.0931. The first-order chi connectivity index (χ1) is 7.95. The molecule has 1 N–H and O–H groups in total. The maximum Gasteiger partial charge on any atom is 0.251 e. The van der Waals surface area contributed by atoms with E-state index in [1.807, 2.05) is 6.92 Å². The van der Waals surface area contributed by atoms with Crippen molar-refractivity contribution in [2.75, 3.05) is 5.33 Å². The molecule has 0 aliphatic carbocycles. The molecule has 1 rings (SSSR count). The van der Waals surface area contributed by atoms with Gasteiger partial charge in [0, 0.05) is 16.9 Å². The predicted octanol–water partition coefficient (Wildman–Crippen LogP) is 4.14. The van der Waals surface area contributed by atoms with E-state index in [0.717, 1.165) is 5.33 Å². The van der Waals surface area contributed by atoms with Gasteiger partial charge in [0.05, 0.1) is 10.0 Å². The minimum Gasteiger partial charge on any atom is -0.349 e. The summed E-state index contributed by atoms with van der Waals surface area (Å²) in [6.07, 6.45) is 0. The SMILES string of the molecule is CC(CBr)C(C)NC(=O)c1ccc(Cl)c(Cl)c1. The van der Waals surface area contributed by atoms with Crippen molar-refractivity contribution in [2.45, 2.75) is 19.9 Å². The quantitative estimate of drug-likeness (QED) is 0.821. The smallest absolute Gasteiger partial charge is 0.251 e. The molecule has 0 radical (unpaired) electrons. The molecule has 0 fully saturated rings. The fraction of sp³-hybridized carbons (Fsp3) is 0.417. The van der Waals surface area contributed by atoms with E-state index in [4.69, 9.17) is 23.2 Å². The molecule has 17 heavy (non-hydrogen) atoms. The Morgan fingerprint density at radius 3 is 2.53 bits per heavy atom. The highest BCUT2D eigenvalue weighted by Gasteiger charge is 2.15. The average molecular weight is 339 g/mol. The van der Waals surface area contributed by atoms with Crippen molar-refractivity contribution in [3.05, 3.63) is 33.8 Å². The molecule has 2 unspecified atom stereocenters. The Morgan fingerprint density at radius 2 is 2.00 bits per heavy atom. The molecule has 2 nitrogen and oxygen atoms in total. The molecule has 1 amide bonds. The Kier molecular flexibility index (Phi) is 5.77. The van der Waals surface area contributed by atoms with Crippen LogP contribution in [0.15, 0.2) is 18.2 Å². The van der Waals surface area contributed by atoms with E-state index in [2.05, 4.69) is 28.2 Å². The van der Waals surface area contributed by atoms with Crippen molar-refractivity contribution in [1.82, 2.24) is 5.32 Å². The highest BCUT2D eigenvalue weighted by molar-refractivity contribution is 9.09. The number of hydrogen-bond donors (Lipinski definition) is 1. The maximum atomic E-state index is 11.9. The van der Waals surface area contributed by atoms with Gasteiger partial charge in [-0.15, -0.1) is 0 Å². The predicted molar refractivity (Wildman–Crippen MR) is 76.3 cm³/mol. The number of benzene rings is 1. The lowest BCUT2D eigenvalue weighted by Crippen LogP contribution is -2.37. The average Bonchev–Trinajstić information content (AvgIpc) is 2.31. The molecule has 1 aromatic carbocycles. The number of rotatable bonds is 4. The van der Waals surface area contributed by atoms with Crippen LogP contribution in [0.25, 0.3) is 0 Å². The van der Waals surface area contributed by atoms with Gasteiger partial charge in [0.15, 0.2) is 0 Å². The second-order valence-corrected chi connectivity index (χ2v) is 5.48. The van der Waals surface area contributed by atoms with E-state index >= 15 is 0 Å². The minimum atomic E-state index is -0.135. The van der Waals surface area contributed by atoms with Gasteiger partial charge in [-0.05, 0) is 31.0 Å². The van der Waals surface area contributed by atoms with Crippen molar-refractivity contribution >= 4 is 45.0 Å². The van der Waals surface area contributed by atoms with E-state index in [1.54, 1.807) is 18.2 Å². The molecule has 0 aliphatic heterocycles. The third kappa shape index (κ3) is 4.16. The van der Waals surface area contributed by atoms with Crippen LogP contribution in [0.2, 0.25) is 10.0 Å². The van der Waals surface area contributed by atoms with Crippen LogP contribution in [0.4, 0.5) is 0 Å². The summed E-state index contributed by atoms with van der Waals surface area (Å²) in [5.41, 5.74) is 0.521. The molecule has 0 aromatic heterocycles. The molecule has 0 heterocycles. The number of hydrogen-bond acceptors (Lipinski definition) is 1. The molecule has 0 spiro atoms. The first kappa shape index (κ1) is 14.8. The second kappa shape index (κ2) is 6.62. The summed E-state index contributed by atoms with van der Waals surface area (Å²) in [4.78, 5) is 11.9. The van der Waals surface area contributed by atoms with Gasteiger partial charge in [0.2, 0.25) is 0 Å². The zero-order valence-electron chi connectivity index (χ0n) is 9.64. The van der Waals surface area contributed by atoms with E-state index in [9.17, 15) is 4.79 Å². The lowest BCUT2D eigenvalue weighted by atomic mass is 10.1. The van der Waals surface area contributed by atoms with Gasteiger partial charge in [-0.1, -0.05) is 46.1 Å². The van der Waals surface area contributed by atoms with Crippen molar-refractivity contribution < 1.29 is 4.79 Å². The Labute approximate surface area is 120 Å². The number of alkyl halides is 1. The first-order valence-electron chi connectivity index (χ1n) is 5.27. The molecular formula is C12H14BrCl2NO. The van der Waals surface area contributed by atoms with E-state index in [-0.39, 0.29) is 11.9 Å². The van der Waals surface area contributed by atoms with Gasteiger partial charge < -0.3 is 5.32 Å². The number of halogens is 3. The molecule has 0 saturated carbocycles. The molecule has 0 saturated heterocycles. The topological polar surface area (TPSA) is 29.1 Å². The molecule has 0 bridgehead atoms.